The molecule has 0 aliphatic carbocycles. The average Bonchev–Trinajstić information content (AvgIpc) is 2.82. The highest BCUT2D eigenvalue weighted by Gasteiger charge is 2.19. The van der Waals surface area contributed by atoms with E-state index in [1.165, 1.54) is 0 Å². The predicted octanol–water partition coefficient (Wildman–Crippen LogP) is 0.998. The molecular formula is C11H16N2O3. The summed E-state index contributed by atoms with van der Waals surface area (Å²) in [5, 5.41) is 8.79. The molecule has 1 aliphatic rings. The molecule has 0 aromatic carbocycles. The Morgan fingerprint density at radius 2 is 2.56 bits per heavy atom. The zero-order valence-corrected chi connectivity index (χ0v) is 9.35. The lowest BCUT2D eigenvalue weighted by Gasteiger charge is -2.14. The van der Waals surface area contributed by atoms with Gasteiger partial charge >= 0.3 is 5.97 Å². The van der Waals surface area contributed by atoms with Gasteiger partial charge < -0.3 is 14.4 Å². The standard InChI is InChI=1S/C11H16N2O3/c1-8-12-6-9(5-11(14)15)13(8)7-10-3-2-4-16-10/h6,10H,2-5,7H2,1H3,(H,14,15). The number of nitrogens with zero attached hydrogens (tertiary/aromatic N) is 2. The van der Waals surface area contributed by atoms with Crippen molar-refractivity contribution < 1.29 is 14.6 Å². The van der Waals surface area contributed by atoms with Gasteiger partial charge in [0.2, 0.25) is 0 Å². The van der Waals surface area contributed by atoms with E-state index >= 15 is 0 Å². The van der Waals surface area contributed by atoms with Crippen molar-refractivity contribution >= 4 is 5.97 Å². The Morgan fingerprint density at radius 3 is 3.19 bits per heavy atom. The molecule has 0 spiro atoms. The minimum Gasteiger partial charge on any atom is -0.481 e. The number of carboxylic acid groups (broad SMARTS) is 1. The van der Waals surface area contributed by atoms with Gasteiger partial charge in [0.05, 0.1) is 19.1 Å². The van der Waals surface area contributed by atoms with Crippen LogP contribution in [-0.2, 0) is 22.5 Å². The van der Waals surface area contributed by atoms with Gasteiger partial charge in [-0.15, -0.1) is 0 Å². The molecule has 1 atom stereocenters. The van der Waals surface area contributed by atoms with Crippen molar-refractivity contribution in [3.05, 3.63) is 17.7 Å². The Bertz CT molecular complexity index is 381. The van der Waals surface area contributed by atoms with Gasteiger partial charge in [0.15, 0.2) is 0 Å². The summed E-state index contributed by atoms with van der Waals surface area (Å²) in [5.41, 5.74) is 0.750. The van der Waals surface area contributed by atoms with Crippen molar-refractivity contribution in [2.75, 3.05) is 6.61 Å². The number of imidazole rings is 1. The van der Waals surface area contributed by atoms with Crippen molar-refractivity contribution in [2.24, 2.45) is 0 Å². The summed E-state index contributed by atoms with van der Waals surface area (Å²) in [6, 6.07) is 0. The molecule has 0 saturated carbocycles. The van der Waals surface area contributed by atoms with E-state index in [1.807, 2.05) is 11.5 Å². The van der Waals surface area contributed by atoms with Gasteiger partial charge in [-0.05, 0) is 19.8 Å². The van der Waals surface area contributed by atoms with E-state index in [9.17, 15) is 4.79 Å². The number of hydrogen-bond donors (Lipinski definition) is 1. The average molecular weight is 224 g/mol. The van der Waals surface area contributed by atoms with Gasteiger partial charge in [0.1, 0.15) is 5.82 Å². The van der Waals surface area contributed by atoms with Crippen LogP contribution in [0, 0.1) is 6.92 Å². The SMILES string of the molecule is Cc1ncc(CC(=O)O)n1CC1CCCO1. The largest absolute Gasteiger partial charge is 0.481 e. The van der Waals surface area contributed by atoms with Crippen LogP contribution in [0.5, 0.6) is 0 Å². The third-order valence-electron chi connectivity index (χ3n) is 2.88. The first kappa shape index (κ1) is 11.1. The van der Waals surface area contributed by atoms with Crippen molar-refractivity contribution in [3.63, 3.8) is 0 Å². The molecule has 2 rings (SSSR count). The van der Waals surface area contributed by atoms with Crippen molar-refractivity contribution in [3.8, 4) is 0 Å². The number of aryl methyl sites for hydroxylation is 1. The fourth-order valence-electron chi connectivity index (χ4n) is 2.05. The first-order valence-corrected chi connectivity index (χ1v) is 5.51. The van der Waals surface area contributed by atoms with E-state index in [-0.39, 0.29) is 12.5 Å². The third-order valence-corrected chi connectivity index (χ3v) is 2.88. The quantitative estimate of drug-likeness (QED) is 0.828. The molecule has 0 amide bonds. The number of ether oxygens (including phenoxy) is 1. The van der Waals surface area contributed by atoms with Crippen molar-refractivity contribution in [1.29, 1.82) is 0 Å². The van der Waals surface area contributed by atoms with Crippen LogP contribution in [0.3, 0.4) is 0 Å². The molecule has 88 valence electrons. The molecule has 1 fully saturated rings. The van der Waals surface area contributed by atoms with E-state index < -0.39 is 5.97 Å². The summed E-state index contributed by atoms with van der Waals surface area (Å²) in [7, 11) is 0. The van der Waals surface area contributed by atoms with Crippen LogP contribution in [-0.4, -0.2) is 33.3 Å². The summed E-state index contributed by atoms with van der Waals surface area (Å²) >= 11 is 0. The number of hydrogen-bond acceptors (Lipinski definition) is 3. The molecule has 1 unspecified atom stereocenters. The van der Waals surface area contributed by atoms with Crippen LogP contribution in [0.1, 0.15) is 24.4 Å². The van der Waals surface area contributed by atoms with Crippen LogP contribution in [0.15, 0.2) is 6.20 Å². The second-order valence-corrected chi connectivity index (χ2v) is 4.11. The molecular weight excluding hydrogens is 208 g/mol. The topological polar surface area (TPSA) is 64.3 Å². The molecule has 2 heterocycles. The van der Waals surface area contributed by atoms with Gasteiger partial charge in [0.25, 0.3) is 0 Å². The second kappa shape index (κ2) is 4.65. The highest BCUT2D eigenvalue weighted by Crippen LogP contribution is 2.16. The van der Waals surface area contributed by atoms with E-state index in [0.29, 0.717) is 6.54 Å². The summed E-state index contributed by atoms with van der Waals surface area (Å²) in [6.45, 7) is 3.42. The summed E-state index contributed by atoms with van der Waals surface area (Å²) in [4.78, 5) is 14.9. The molecule has 0 radical (unpaired) electrons. The van der Waals surface area contributed by atoms with Gasteiger partial charge in [0, 0.05) is 18.5 Å². The Balaban J connectivity index is 2.11. The molecule has 1 aliphatic heterocycles. The predicted molar refractivity (Wildman–Crippen MR) is 57.3 cm³/mol. The lowest BCUT2D eigenvalue weighted by Crippen LogP contribution is -2.19. The maximum Gasteiger partial charge on any atom is 0.309 e. The Hall–Kier alpha value is -1.36. The molecule has 0 bridgehead atoms. The van der Waals surface area contributed by atoms with Gasteiger partial charge in [-0.2, -0.15) is 0 Å². The van der Waals surface area contributed by atoms with E-state index in [1.54, 1.807) is 6.20 Å². The maximum atomic E-state index is 10.7. The Kier molecular flexibility index (Phi) is 3.24. The lowest BCUT2D eigenvalue weighted by atomic mass is 10.2. The van der Waals surface area contributed by atoms with Gasteiger partial charge in [-0.25, -0.2) is 4.98 Å². The van der Waals surface area contributed by atoms with Crippen LogP contribution in [0.4, 0.5) is 0 Å². The summed E-state index contributed by atoms with van der Waals surface area (Å²) in [6.07, 6.45) is 4.00. The number of aliphatic carboxylic acids is 1. The highest BCUT2D eigenvalue weighted by atomic mass is 16.5. The summed E-state index contributed by atoms with van der Waals surface area (Å²) < 4.78 is 7.49. The fraction of sp³-hybridized carbons (Fsp3) is 0.636. The number of aromatic nitrogens is 2. The number of carboxylic acids is 1. The van der Waals surface area contributed by atoms with Crippen LogP contribution >= 0.6 is 0 Å². The number of rotatable bonds is 4. The van der Waals surface area contributed by atoms with E-state index in [0.717, 1.165) is 31.0 Å². The van der Waals surface area contributed by atoms with Crippen molar-refractivity contribution in [1.82, 2.24) is 9.55 Å². The third kappa shape index (κ3) is 2.41. The minimum absolute atomic E-state index is 0.0214. The molecule has 1 saturated heterocycles. The molecule has 5 nitrogen and oxygen atoms in total. The lowest BCUT2D eigenvalue weighted by molar-refractivity contribution is -0.136. The zero-order valence-electron chi connectivity index (χ0n) is 9.35. The first-order valence-electron chi connectivity index (χ1n) is 5.51. The highest BCUT2D eigenvalue weighted by molar-refractivity contribution is 5.69. The van der Waals surface area contributed by atoms with Crippen molar-refractivity contribution in [2.45, 2.75) is 38.8 Å². The van der Waals surface area contributed by atoms with E-state index in [2.05, 4.69) is 4.98 Å². The number of carbonyl (C=O) groups is 1. The smallest absolute Gasteiger partial charge is 0.309 e. The van der Waals surface area contributed by atoms with Crippen LogP contribution in [0.2, 0.25) is 0 Å². The minimum atomic E-state index is -0.825. The molecule has 1 N–H and O–H groups in total. The Morgan fingerprint density at radius 1 is 1.75 bits per heavy atom. The maximum absolute atomic E-state index is 10.7. The van der Waals surface area contributed by atoms with E-state index in [4.69, 9.17) is 9.84 Å². The monoisotopic (exact) mass is 224 g/mol. The zero-order chi connectivity index (χ0) is 11.5. The molecule has 5 heteroatoms. The van der Waals surface area contributed by atoms with Gasteiger partial charge in [-0.3, -0.25) is 4.79 Å². The fourth-order valence-corrected chi connectivity index (χ4v) is 2.05. The summed E-state index contributed by atoms with van der Waals surface area (Å²) in [5.74, 6) is 0.0280. The van der Waals surface area contributed by atoms with Gasteiger partial charge in [-0.1, -0.05) is 0 Å². The molecule has 1 aromatic heterocycles. The Labute approximate surface area is 94.1 Å². The van der Waals surface area contributed by atoms with Crippen LogP contribution < -0.4 is 0 Å². The second-order valence-electron chi connectivity index (χ2n) is 4.11. The molecule has 1 aromatic rings. The normalized spacial score (nSPS) is 20.2. The first-order chi connectivity index (χ1) is 7.66. The molecule has 16 heavy (non-hydrogen) atoms. The van der Waals surface area contributed by atoms with Crippen LogP contribution in [0.25, 0.3) is 0 Å².